The van der Waals surface area contributed by atoms with Crippen LogP contribution in [0, 0.1) is 0 Å². The number of hydrogen-bond acceptors (Lipinski definition) is 1. The smallest absolute Gasteiger partial charge is 0.249 e. The molecule has 1 heterocycles. The van der Waals surface area contributed by atoms with Gasteiger partial charge in [-0.05, 0) is 11.6 Å². The lowest BCUT2D eigenvalue weighted by Gasteiger charge is -1.92. The first kappa shape index (κ1) is 7.63. The molecule has 0 saturated heterocycles. The minimum Gasteiger partial charge on any atom is -0.313 e. The second-order valence-electron chi connectivity index (χ2n) is 1.83. The average molecular weight is 178 g/mol. The standard InChI is InChI=1S/C6H5Cl2NO/c7-3-4-1-5(8)9-6(10)2-4/h1-2H,3H2,(H,9,10). The molecule has 54 valence electrons. The van der Waals surface area contributed by atoms with E-state index in [-0.39, 0.29) is 5.56 Å². The highest BCUT2D eigenvalue weighted by Gasteiger charge is 1.93. The summed E-state index contributed by atoms with van der Waals surface area (Å²) < 4.78 is 0. The normalized spacial score (nSPS) is 9.80. The van der Waals surface area contributed by atoms with Crippen molar-refractivity contribution in [2.45, 2.75) is 5.88 Å². The third-order valence-electron chi connectivity index (χ3n) is 1.03. The second kappa shape index (κ2) is 3.08. The Kier molecular flexibility index (Phi) is 2.35. The summed E-state index contributed by atoms with van der Waals surface area (Å²) in [7, 11) is 0. The summed E-state index contributed by atoms with van der Waals surface area (Å²) in [6, 6.07) is 3.04. The predicted molar refractivity (Wildman–Crippen MR) is 41.6 cm³/mol. The molecule has 10 heavy (non-hydrogen) atoms. The van der Waals surface area contributed by atoms with Gasteiger partial charge in [-0.15, -0.1) is 11.6 Å². The Balaban J connectivity index is 3.19. The third kappa shape index (κ3) is 1.75. The van der Waals surface area contributed by atoms with Crippen molar-refractivity contribution >= 4 is 23.2 Å². The van der Waals surface area contributed by atoms with E-state index in [1.54, 1.807) is 6.07 Å². The first-order valence-electron chi connectivity index (χ1n) is 2.67. The molecule has 1 rings (SSSR count). The zero-order valence-electron chi connectivity index (χ0n) is 5.03. The van der Waals surface area contributed by atoms with Gasteiger partial charge in [-0.1, -0.05) is 11.6 Å². The van der Waals surface area contributed by atoms with Gasteiger partial charge in [0, 0.05) is 11.9 Å². The van der Waals surface area contributed by atoms with Gasteiger partial charge in [0.2, 0.25) is 5.56 Å². The van der Waals surface area contributed by atoms with E-state index in [1.165, 1.54) is 6.07 Å². The molecule has 1 aromatic heterocycles. The van der Waals surface area contributed by atoms with Crippen molar-refractivity contribution in [3.05, 3.63) is 33.2 Å². The van der Waals surface area contributed by atoms with Gasteiger partial charge in [-0.3, -0.25) is 4.79 Å². The zero-order chi connectivity index (χ0) is 7.56. The quantitative estimate of drug-likeness (QED) is 0.515. The molecular weight excluding hydrogens is 173 g/mol. The highest BCUT2D eigenvalue weighted by molar-refractivity contribution is 6.29. The molecule has 0 atom stereocenters. The van der Waals surface area contributed by atoms with Gasteiger partial charge >= 0.3 is 0 Å². The number of aromatic nitrogens is 1. The molecule has 0 bridgehead atoms. The van der Waals surface area contributed by atoms with Gasteiger partial charge in [0.05, 0.1) is 0 Å². The minimum atomic E-state index is -0.219. The molecule has 0 radical (unpaired) electrons. The summed E-state index contributed by atoms with van der Waals surface area (Å²) in [5.74, 6) is 0.309. The van der Waals surface area contributed by atoms with Crippen molar-refractivity contribution in [1.82, 2.24) is 4.98 Å². The van der Waals surface area contributed by atoms with Gasteiger partial charge < -0.3 is 4.98 Å². The summed E-state index contributed by atoms with van der Waals surface area (Å²) in [4.78, 5) is 13.1. The van der Waals surface area contributed by atoms with E-state index in [9.17, 15) is 4.79 Å². The van der Waals surface area contributed by atoms with Crippen LogP contribution < -0.4 is 5.56 Å². The van der Waals surface area contributed by atoms with Crippen LogP contribution in [0.25, 0.3) is 0 Å². The lowest BCUT2D eigenvalue weighted by atomic mass is 10.3. The molecule has 0 aliphatic rings. The maximum absolute atomic E-state index is 10.7. The molecule has 0 fully saturated rings. The molecule has 1 aromatic rings. The first-order valence-corrected chi connectivity index (χ1v) is 3.58. The van der Waals surface area contributed by atoms with Crippen LogP contribution >= 0.6 is 23.2 Å². The molecule has 0 aliphatic carbocycles. The van der Waals surface area contributed by atoms with Crippen LogP contribution in [0.3, 0.4) is 0 Å². The Morgan fingerprint density at radius 1 is 1.50 bits per heavy atom. The highest BCUT2D eigenvalue weighted by atomic mass is 35.5. The Morgan fingerprint density at radius 3 is 2.70 bits per heavy atom. The minimum absolute atomic E-state index is 0.219. The fourth-order valence-electron chi connectivity index (χ4n) is 0.640. The average Bonchev–Trinajstić information content (AvgIpc) is 1.85. The topological polar surface area (TPSA) is 32.9 Å². The largest absolute Gasteiger partial charge is 0.313 e. The zero-order valence-corrected chi connectivity index (χ0v) is 6.54. The van der Waals surface area contributed by atoms with Crippen molar-refractivity contribution in [1.29, 1.82) is 0 Å². The highest BCUT2D eigenvalue weighted by Crippen LogP contribution is 2.05. The molecule has 4 heteroatoms. The van der Waals surface area contributed by atoms with Gasteiger partial charge in [0.25, 0.3) is 0 Å². The Labute approximate surface area is 67.8 Å². The monoisotopic (exact) mass is 177 g/mol. The molecule has 0 saturated carbocycles. The van der Waals surface area contributed by atoms with Crippen LogP contribution in [-0.4, -0.2) is 4.98 Å². The number of halogens is 2. The second-order valence-corrected chi connectivity index (χ2v) is 2.51. The van der Waals surface area contributed by atoms with E-state index in [0.29, 0.717) is 11.0 Å². The number of pyridine rings is 1. The molecule has 1 N–H and O–H groups in total. The Bertz CT molecular complexity index is 281. The van der Waals surface area contributed by atoms with Crippen molar-refractivity contribution in [3.8, 4) is 0 Å². The van der Waals surface area contributed by atoms with Crippen LogP contribution in [0.4, 0.5) is 0 Å². The maximum Gasteiger partial charge on any atom is 0.249 e. The summed E-state index contributed by atoms with van der Waals surface area (Å²) in [5, 5.41) is 0.322. The van der Waals surface area contributed by atoms with Crippen LogP contribution in [0.2, 0.25) is 5.15 Å². The summed E-state index contributed by atoms with van der Waals surface area (Å²) in [6.07, 6.45) is 0. The number of nitrogens with one attached hydrogen (secondary N) is 1. The van der Waals surface area contributed by atoms with E-state index in [2.05, 4.69) is 4.98 Å². The predicted octanol–water partition coefficient (Wildman–Crippen LogP) is 1.77. The van der Waals surface area contributed by atoms with Gasteiger partial charge in [0.1, 0.15) is 5.15 Å². The molecule has 0 aliphatic heterocycles. The van der Waals surface area contributed by atoms with E-state index >= 15 is 0 Å². The number of H-pyrrole nitrogens is 1. The Morgan fingerprint density at radius 2 is 2.20 bits per heavy atom. The number of aromatic amines is 1. The number of alkyl halides is 1. The summed E-state index contributed by atoms with van der Waals surface area (Å²) >= 11 is 11.0. The first-order chi connectivity index (χ1) is 4.72. The van der Waals surface area contributed by atoms with Gasteiger partial charge in [-0.2, -0.15) is 0 Å². The lowest BCUT2D eigenvalue weighted by Crippen LogP contribution is -2.04. The van der Waals surface area contributed by atoms with Crippen molar-refractivity contribution in [2.24, 2.45) is 0 Å². The molecule has 2 nitrogen and oxygen atoms in total. The molecule has 0 unspecified atom stereocenters. The van der Waals surface area contributed by atoms with Crippen molar-refractivity contribution in [2.75, 3.05) is 0 Å². The van der Waals surface area contributed by atoms with E-state index in [1.807, 2.05) is 0 Å². The summed E-state index contributed by atoms with van der Waals surface area (Å²) in [5.41, 5.74) is 0.513. The van der Waals surface area contributed by atoms with Crippen molar-refractivity contribution < 1.29 is 0 Å². The number of hydrogen-bond donors (Lipinski definition) is 1. The SMILES string of the molecule is O=c1cc(CCl)cc(Cl)[nH]1. The maximum atomic E-state index is 10.7. The molecule has 0 amide bonds. The lowest BCUT2D eigenvalue weighted by molar-refractivity contribution is 1.20. The van der Waals surface area contributed by atoms with Crippen LogP contribution in [-0.2, 0) is 5.88 Å². The van der Waals surface area contributed by atoms with E-state index < -0.39 is 0 Å². The van der Waals surface area contributed by atoms with E-state index in [0.717, 1.165) is 5.56 Å². The fraction of sp³-hybridized carbons (Fsp3) is 0.167. The fourth-order valence-corrected chi connectivity index (χ4v) is 1.03. The molecular formula is C6H5Cl2NO. The van der Waals surface area contributed by atoms with Gasteiger partial charge in [-0.25, -0.2) is 0 Å². The van der Waals surface area contributed by atoms with Gasteiger partial charge in [0.15, 0.2) is 0 Å². The number of rotatable bonds is 1. The van der Waals surface area contributed by atoms with Crippen LogP contribution in [0.15, 0.2) is 16.9 Å². The Hall–Kier alpha value is -0.470. The third-order valence-corrected chi connectivity index (χ3v) is 1.54. The van der Waals surface area contributed by atoms with E-state index in [4.69, 9.17) is 23.2 Å². The van der Waals surface area contributed by atoms with Crippen molar-refractivity contribution in [3.63, 3.8) is 0 Å². The van der Waals surface area contributed by atoms with Crippen LogP contribution in [0.1, 0.15) is 5.56 Å². The summed E-state index contributed by atoms with van der Waals surface area (Å²) in [6.45, 7) is 0. The molecule has 0 aromatic carbocycles. The molecule has 0 spiro atoms. The van der Waals surface area contributed by atoms with Crippen LogP contribution in [0.5, 0.6) is 0 Å².